The quantitative estimate of drug-likeness (QED) is 0.0351. The van der Waals surface area contributed by atoms with Gasteiger partial charge < -0.3 is 58.5 Å². The van der Waals surface area contributed by atoms with Crippen LogP contribution in [0, 0.1) is 0 Å². The number of carbonyl (C=O) groups excluding carboxylic acids is 4. The van der Waals surface area contributed by atoms with Crippen molar-refractivity contribution in [3.8, 4) is 23.0 Å². The number of nitrogens with zero attached hydrogens (tertiary/aromatic N) is 4. The van der Waals surface area contributed by atoms with Crippen LogP contribution in [0.15, 0.2) is 147 Å². The highest BCUT2D eigenvalue weighted by molar-refractivity contribution is 5.93. The van der Waals surface area contributed by atoms with Crippen molar-refractivity contribution < 1.29 is 38.1 Å². The zero-order chi connectivity index (χ0) is 58.6. The van der Waals surface area contributed by atoms with Crippen molar-refractivity contribution in [1.82, 2.24) is 18.3 Å². The molecule has 8 aromatic rings. The Labute approximate surface area is 493 Å². The molecule has 4 aromatic carbocycles. The van der Waals surface area contributed by atoms with E-state index >= 15 is 0 Å². The zero-order valence-corrected chi connectivity index (χ0v) is 49.1. The van der Waals surface area contributed by atoms with Crippen LogP contribution in [0.4, 0.5) is 22.7 Å². The van der Waals surface area contributed by atoms with Gasteiger partial charge in [-0.15, -0.1) is 0 Å². The number of aryl methyl sites for hydroxylation is 4. The summed E-state index contributed by atoms with van der Waals surface area (Å²) in [4.78, 5) is 55.5. The minimum Gasteiger partial charge on any atom is -0.496 e. The van der Waals surface area contributed by atoms with Crippen LogP contribution in [0.5, 0.6) is 23.0 Å². The fourth-order valence-electron chi connectivity index (χ4n) is 11.5. The van der Waals surface area contributed by atoms with Crippen molar-refractivity contribution in [3.05, 3.63) is 191 Å². The third-order valence-corrected chi connectivity index (χ3v) is 15.4. The summed E-state index contributed by atoms with van der Waals surface area (Å²) in [5.41, 5.74) is 8.53. The summed E-state index contributed by atoms with van der Waals surface area (Å²) in [6.45, 7) is 3.27. The summed E-state index contributed by atoms with van der Waals surface area (Å²) in [5.74, 6) is 1.97. The lowest BCUT2D eigenvalue weighted by molar-refractivity contribution is -0.117. The average molecular weight is 1140 g/mol. The number of hydrogen-bond donors (Lipinski definition) is 4. The molecule has 0 aliphatic heterocycles. The Morgan fingerprint density at radius 1 is 0.310 bits per heavy atom. The molecular weight excluding hydrogens is 1060 g/mol. The molecule has 4 heterocycles. The molecule has 1 aliphatic rings. The van der Waals surface area contributed by atoms with E-state index in [9.17, 15) is 19.2 Å². The molecule has 0 saturated heterocycles. The maximum absolute atomic E-state index is 13.9. The van der Waals surface area contributed by atoms with E-state index in [2.05, 4.69) is 39.5 Å². The van der Waals surface area contributed by atoms with Crippen LogP contribution in [0.1, 0.15) is 122 Å². The molecule has 1 aliphatic carbocycles. The van der Waals surface area contributed by atoms with Crippen LogP contribution in [-0.4, -0.2) is 70.3 Å². The minimum atomic E-state index is -0.110. The molecule has 4 N–H and O–H groups in total. The van der Waals surface area contributed by atoms with Crippen LogP contribution in [0.2, 0.25) is 0 Å². The predicted octanol–water partition coefficient (Wildman–Crippen LogP) is 12.8. The lowest BCUT2D eigenvalue weighted by Gasteiger charge is -2.23. The molecule has 0 fully saturated rings. The zero-order valence-electron chi connectivity index (χ0n) is 49.1. The van der Waals surface area contributed by atoms with Gasteiger partial charge in [-0.25, -0.2) is 0 Å². The lowest BCUT2D eigenvalue weighted by atomic mass is 9.90. The number of benzene rings is 4. The Balaban J connectivity index is 1.12. The Kier molecular flexibility index (Phi) is 21.2. The summed E-state index contributed by atoms with van der Waals surface area (Å²) >= 11 is 0. The maximum atomic E-state index is 13.9. The van der Waals surface area contributed by atoms with Gasteiger partial charge in [0, 0.05) is 194 Å². The van der Waals surface area contributed by atoms with Gasteiger partial charge in [0.25, 0.3) is 0 Å². The van der Waals surface area contributed by atoms with E-state index in [1.165, 1.54) is 0 Å². The van der Waals surface area contributed by atoms with Crippen LogP contribution in [-0.2, 0) is 71.0 Å². The Hall–Kier alpha value is -8.92. The van der Waals surface area contributed by atoms with Crippen molar-refractivity contribution in [2.24, 2.45) is 0 Å². The number of rotatable bonds is 28. The van der Waals surface area contributed by atoms with Gasteiger partial charge in [-0.05, 0) is 148 Å². The molecule has 0 radical (unpaired) electrons. The van der Waals surface area contributed by atoms with Crippen molar-refractivity contribution in [2.45, 2.75) is 129 Å². The number of anilines is 4. The van der Waals surface area contributed by atoms with Gasteiger partial charge in [0.2, 0.25) is 23.6 Å². The van der Waals surface area contributed by atoms with Crippen LogP contribution >= 0.6 is 0 Å². The van der Waals surface area contributed by atoms with Gasteiger partial charge in [0.1, 0.15) is 23.0 Å². The Bertz CT molecular complexity index is 2890. The number of methoxy groups -OCH3 is 4. The molecule has 4 amide bonds. The third kappa shape index (κ3) is 16.6. The molecule has 16 nitrogen and oxygen atoms in total. The van der Waals surface area contributed by atoms with Gasteiger partial charge in [0.05, 0.1) is 28.4 Å². The van der Waals surface area contributed by atoms with Crippen LogP contribution in [0.25, 0.3) is 0 Å². The molecule has 9 rings (SSSR count). The first-order valence-electron chi connectivity index (χ1n) is 29.5. The number of carbonyl (C=O) groups is 4. The van der Waals surface area contributed by atoms with Gasteiger partial charge in [-0.1, -0.05) is 0 Å². The van der Waals surface area contributed by atoms with E-state index in [-0.39, 0.29) is 49.3 Å². The fraction of sp³-hybridized carbons (Fsp3) is 0.353. The van der Waals surface area contributed by atoms with Crippen molar-refractivity contribution in [1.29, 1.82) is 0 Å². The topological polar surface area (TPSA) is 173 Å². The number of fused-ring (bicyclic) bond motifs is 8. The summed E-state index contributed by atoms with van der Waals surface area (Å²) in [6.07, 6.45) is 24.8. The minimum absolute atomic E-state index is 0.110. The molecular formula is C68H80N8O8. The molecule has 84 heavy (non-hydrogen) atoms. The predicted molar refractivity (Wildman–Crippen MR) is 331 cm³/mol. The highest BCUT2D eigenvalue weighted by Crippen LogP contribution is 2.42. The van der Waals surface area contributed by atoms with E-state index in [0.717, 1.165) is 96.4 Å². The highest BCUT2D eigenvalue weighted by Gasteiger charge is 2.25. The molecule has 8 bridgehead atoms. The van der Waals surface area contributed by atoms with Crippen molar-refractivity contribution in [2.75, 3.05) is 49.7 Å². The number of ether oxygens (including phenoxy) is 4. The summed E-state index contributed by atoms with van der Waals surface area (Å²) in [5, 5.41) is 12.9. The molecule has 0 saturated carbocycles. The van der Waals surface area contributed by atoms with Gasteiger partial charge in [0.15, 0.2) is 0 Å². The Morgan fingerprint density at radius 3 is 0.655 bits per heavy atom. The largest absolute Gasteiger partial charge is 0.496 e. The van der Waals surface area contributed by atoms with Crippen molar-refractivity contribution in [3.63, 3.8) is 0 Å². The van der Waals surface area contributed by atoms with Gasteiger partial charge in [-0.3, -0.25) is 19.2 Å². The molecule has 0 atom stereocenters. The van der Waals surface area contributed by atoms with E-state index in [0.29, 0.717) is 97.1 Å². The second-order valence-corrected chi connectivity index (χ2v) is 21.7. The summed E-state index contributed by atoms with van der Waals surface area (Å²) < 4.78 is 34.1. The second-order valence-electron chi connectivity index (χ2n) is 21.7. The number of hydrogen-bond acceptors (Lipinski definition) is 8. The Morgan fingerprint density at radius 2 is 0.488 bits per heavy atom. The smallest absolute Gasteiger partial charge is 0.224 e. The van der Waals surface area contributed by atoms with Crippen molar-refractivity contribution >= 4 is 46.4 Å². The molecule has 0 spiro atoms. The van der Waals surface area contributed by atoms with E-state index in [1.54, 1.807) is 28.4 Å². The monoisotopic (exact) mass is 1140 g/mol. The van der Waals surface area contributed by atoms with Crippen LogP contribution in [0.3, 0.4) is 0 Å². The molecule has 0 unspecified atom stereocenters. The first-order chi connectivity index (χ1) is 41.0. The average Bonchev–Trinajstić information content (AvgIpc) is 4.25. The van der Waals surface area contributed by atoms with Gasteiger partial charge in [-0.2, -0.15) is 0 Å². The molecule has 16 heteroatoms. The first kappa shape index (κ1) is 59.7. The second kappa shape index (κ2) is 29.9. The lowest BCUT2D eigenvalue weighted by Crippen LogP contribution is -2.15. The highest BCUT2D eigenvalue weighted by atomic mass is 16.5. The maximum Gasteiger partial charge on any atom is 0.224 e. The third-order valence-electron chi connectivity index (χ3n) is 15.4. The summed E-state index contributed by atoms with van der Waals surface area (Å²) in [7, 11) is 6.59. The standard InChI is InChI=1S/C68H80N8O8/c1-81-65-49-37-51-43-58(70-62(78)22-6-10-26-74-31-15-16-32-74)45-53(66(51)82-2)39-55-47-60(72-64(80)24-8-12-28-76-35-19-20-36-76)48-56(68(55)84-4)40-54-46-59(71-63(79)23-7-11-27-75-33-17-18-34-75)44-52(67(54)83-3)38-50(65)42-57(41-49)69-61(77)21-5-9-25-73-29-13-14-30-73/h13-20,29-36,41-48H,5-12,21-28,37-40H2,1-4H3,(H,69,77)(H,70,78)(H,71,79)(H,72,80). The van der Waals surface area contributed by atoms with E-state index in [1.807, 2.05) is 147 Å². The van der Waals surface area contributed by atoms with Gasteiger partial charge >= 0.3 is 0 Å². The van der Waals surface area contributed by atoms with Crippen LogP contribution < -0.4 is 40.2 Å². The summed E-state index contributed by atoms with van der Waals surface area (Å²) in [6, 6.07) is 31.6. The van der Waals surface area contributed by atoms with E-state index in [4.69, 9.17) is 18.9 Å². The SMILES string of the molecule is COc1c2cc(NC(=O)CCCCn3cccc3)cc1Cc1cc(NC(=O)CCCCn3cccc3)cc(c1OC)Cc1cc(NC(=O)CCCCn3cccc3)cc(c1OC)Cc1cc(NC(=O)CCCCn3cccc3)cc(c1OC)C2. The number of aromatic nitrogens is 4. The molecule has 440 valence electrons. The first-order valence-corrected chi connectivity index (χ1v) is 29.5. The number of nitrogens with one attached hydrogen (secondary N) is 4. The van der Waals surface area contributed by atoms with E-state index < -0.39 is 0 Å². The molecule has 4 aromatic heterocycles. The fourth-order valence-corrected chi connectivity index (χ4v) is 11.5. The number of amides is 4. The number of unbranched alkanes of at least 4 members (excludes halogenated alkanes) is 4. The normalized spacial score (nSPS) is 11.9.